The number of imide groups is 1. The van der Waals surface area contributed by atoms with Crippen molar-refractivity contribution in [1.29, 1.82) is 0 Å². The number of nitro groups is 1. The Balaban J connectivity index is 1.32. The normalized spacial score (nSPS) is 17.4. The van der Waals surface area contributed by atoms with Gasteiger partial charge in [0.1, 0.15) is 0 Å². The molecule has 45 heavy (non-hydrogen) atoms. The molecule has 12 heteroatoms. The number of esters is 1. The number of aryl methyl sites for hydroxylation is 1. The molecule has 10 nitrogen and oxygen atoms in total. The molecule has 1 aromatic heterocycles. The van der Waals surface area contributed by atoms with E-state index in [0.29, 0.717) is 55.7 Å². The molecule has 0 saturated carbocycles. The van der Waals surface area contributed by atoms with Crippen molar-refractivity contribution in [3.8, 4) is 11.3 Å². The fourth-order valence-electron chi connectivity index (χ4n) is 5.70. The number of rotatable bonds is 7. The van der Waals surface area contributed by atoms with Crippen LogP contribution in [0.4, 0.5) is 11.4 Å². The van der Waals surface area contributed by atoms with E-state index in [1.807, 2.05) is 12.2 Å². The van der Waals surface area contributed by atoms with Crippen LogP contribution in [0.2, 0.25) is 5.02 Å². The molecule has 6 rings (SSSR count). The van der Waals surface area contributed by atoms with Gasteiger partial charge >= 0.3 is 5.97 Å². The predicted octanol–water partition coefficient (Wildman–Crippen LogP) is 7.03. The van der Waals surface area contributed by atoms with Crippen LogP contribution in [0.5, 0.6) is 0 Å². The largest absolute Gasteiger partial charge is 0.454 e. The van der Waals surface area contributed by atoms with Crippen LogP contribution < -0.4 is 4.90 Å². The van der Waals surface area contributed by atoms with Gasteiger partial charge in [-0.15, -0.1) is 0 Å². The summed E-state index contributed by atoms with van der Waals surface area (Å²) in [6.07, 6.45) is 4.95. The van der Waals surface area contributed by atoms with Gasteiger partial charge in [-0.2, -0.15) is 0 Å². The predicted molar refractivity (Wildman–Crippen MR) is 170 cm³/mol. The van der Waals surface area contributed by atoms with Crippen LogP contribution in [0.1, 0.15) is 39.1 Å². The first kappa shape index (κ1) is 30.3. The molecule has 2 heterocycles. The summed E-state index contributed by atoms with van der Waals surface area (Å²) in [6, 6.07) is 15.1. The maximum absolute atomic E-state index is 13.4. The van der Waals surface area contributed by atoms with Gasteiger partial charge in [0.05, 0.1) is 44.2 Å². The molecule has 226 valence electrons. The zero-order valence-corrected chi connectivity index (χ0v) is 26.0. The lowest BCUT2D eigenvalue weighted by molar-refractivity contribution is -0.384. The van der Waals surface area contributed by atoms with Gasteiger partial charge in [0.15, 0.2) is 6.61 Å². The number of amides is 2. The molecule has 3 aromatic carbocycles. The fraction of sp³-hybridized carbons (Fsp3) is 0.182. The van der Waals surface area contributed by atoms with Gasteiger partial charge in [-0.25, -0.2) is 9.78 Å². The number of fused-ring (bicyclic) bond motifs is 2. The highest BCUT2D eigenvalue weighted by molar-refractivity contribution is 9.10. The maximum atomic E-state index is 13.4. The molecule has 2 amide bonds. The van der Waals surface area contributed by atoms with E-state index >= 15 is 0 Å². The Morgan fingerprint density at radius 1 is 1.04 bits per heavy atom. The Bertz CT molecular complexity index is 1950. The van der Waals surface area contributed by atoms with Crippen molar-refractivity contribution < 1.29 is 28.8 Å². The zero-order valence-electron chi connectivity index (χ0n) is 23.7. The summed E-state index contributed by atoms with van der Waals surface area (Å²) in [4.78, 5) is 68.8. The van der Waals surface area contributed by atoms with Crippen LogP contribution in [0.25, 0.3) is 22.2 Å². The number of carbonyl (C=O) groups is 4. The van der Waals surface area contributed by atoms with Gasteiger partial charge in [-0.05, 0) is 65.5 Å². The van der Waals surface area contributed by atoms with Crippen LogP contribution in [0.3, 0.4) is 0 Å². The highest BCUT2D eigenvalue weighted by Gasteiger charge is 2.47. The number of aromatic nitrogens is 1. The topological polar surface area (TPSA) is 137 Å². The van der Waals surface area contributed by atoms with Gasteiger partial charge < -0.3 is 4.74 Å². The maximum Gasteiger partial charge on any atom is 0.339 e. The van der Waals surface area contributed by atoms with E-state index in [2.05, 4.69) is 15.9 Å². The fourth-order valence-corrected chi connectivity index (χ4v) is 6.37. The summed E-state index contributed by atoms with van der Waals surface area (Å²) in [6.45, 7) is 1.12. The first-order valence-electron chi connectivity index (χ1n) is 13.9. The first-order valence-corrected chi connectivity index (χ1v) is 15.1. The lowest BCUT2D eigenvalue weighted by Crippen LogP contribution is -2.30. The number of hydrogen-bond acceptors (Lipinski definition) is 8. The second kappa shape index (κ2) is 12.0. The number of allylic oxidation sites excluding steroid dienone is 2. The minimum Gasteiger partial charge on any atom is -0.454 e. The van der Waals surface area contributed by atoms with E-state index in [9.17, 15) is 29.3 Å². The van der Waals surface area contributed by atoms with Crippen LogP contribution in [0, 0.1) is 28.9 Å². The molecule has 2 aliphatic rings. The van der Waals surface area contributed by atoms with Crippen molar-refractivity contribution in [1.82, 2.24) is 4.98 Å². The quantitative estimate of drug-likeness (QED) is 0.0504. The zero-order chi connectivity index (χ0) is 32.0. The lowest BCUT2D eigenvalue weighted by Gasteiger charge is -2.16. The number of non-ortho nitro benzene ring substituents is 1. The lowest BCUT2D eigenvalue weighted by atomic mass is 9.85. The minimum atomic E-state index is -0.808. The second-order valence-corrected chi connectivity index (χ2v) is 12.0. The van der Waals surface area contributed by atoms with E-state index < -0.39 is 23.3 Å². The average Bonchev–Trinajstić information content (AvgIpc) is 3.31. The molecule has 1 aliphatic heterocycles. The average molecular weight is 689 g/mol. The Kier molecular flexibility index (Phi) is 8.07. The third kappa shape index (κ3) is 5.53. The molecule has 1 saturated heterocycles. The highest BCUT2D eigenvalue weighted by Crippen LogP contribution is 2.39. The number of Topliss-reactive ketones (excluding diaryl/α,β-unsaturated/α-hetero) is 1. The van der Waals surface area contributed by atoms with Gasteiger partial charge in [-0.3, -0.25) is 29.4 Å². The molecule has 0 spiro atoms. The molecule has 1 aliphatic carbocycles. The van der Waals surface area contributed by atoms with Crippen molar-refractivity contribution in [2.24, 2.45) is 11.8 Å². The molecule has 2 unspecified atom stereocenters. The first-order chi connectivity index (χ1) is 21.5. The second-order valence-electron chi connectivity index (χ2n) is 10.8. The van der Waals surface area contributed by atoms with E-state index in [4.69, 9.17) is 21.3 Å². The smallest absolute Gasteiger partial charge is 0.339 e. The Morgan fingerprint density at radius 2 is 1.71 bits per heavy atom. The van der Waals surface area contributed by atoms with Crippen LogP contribution in [-0.2, 0) is 14.3 Å². The number of halogens is 2. The number of carbonyl (C=O) groups excluding carboxylic acids is 4. The standard InChI is InChI=1S/C33H23BrClN3O7/c1-17-29(35)26(34)14-24-25(33(42)45-16-28(39)19-5-4-6-21(13-19)38(43)44)15-27(36-30(17)24)18-9-11-20(12-10-18)37-31(40)22-7-2-3-8-23(22)32(37)41/h2-6,9-15,22-23H,7-8,16H2,1H3. The summed E-state index contributed by atoms with van der Waals surface area (Å²) < 4.78 is 5.92. The minimum absolute atomic E-state index is 0.0354. The van der Waals surface area contributed by atoms with Crippen LogP contribution >= 0.6 is 27.5 Å². The van der Waals surface area contributed by atoms with E-state index in [1.165, 1.54) is 29.2 Å². The molecule has 2 atom stereocenters. The number of hydrogen-bond donors (Lipinski definition) is 0. The van der Waals surface area contributed by atoms with Crippen LogP contribution in [0.15, 0.2) is 77.3 Å². The Hall–Kier alpha value is -4.74. The van der Waals surface area contributed by atoms with Gasteiger partial charge in [0, 0.05) is 33.1 Å². The molecular formula is C33H23BrClN3O7. The summed E-state index contributed by atoms with van der Waals surface area (Å²) >= 11 is 9.91. The van der Waals surface area contributed by atoms with Crippen molar-refractivity contribution in [2.45, 2.75) is 19.8 Å². The number of nitrogens with zero attached hydrogens (tertiary/aromatic N) is 3. The molecule has 1 fully saturated rings. The number of anilines is 1. The number of nitro benzene ring substituents is 1. The van der Waals surface area contributed by atoms with Crippen molar-refractivity contribution in [2.75, 3.05) is 11.5 Å². The monoisotopic (exact) mass is 687 g/mol. The summed E-state index contributed by atoms with van der Waals surface area (Å²) in [5.41, 5.74) is 2.37. The Labute approximate surface area is 269 Å². The van der Waals surface area contributed by atoms with Crippen molar-refractivity contribution in [3.05, 3.63) is 109 Å². The molecule has 4 aromatic rings. The third-order valence-electron chi connectivity index (χ3n) is 8.09. The Morgan fingerprint density at radius 3 is 2.36 bits per heavy atom. The SMILES string of the molecule is Cc1c(Cl)c(Br)cc2c(C(=O)OCC(=O)c3cccc([N+](=O)[O-])c3)cc(-c3ccc(N4C(=O)C5CC=CCC5C4=O)cc3)nc12. The highest BCUT2D eigenvalue weighted by atomic mass is 79.9. The van der Waals surface area contributed by atoms with Gasteiger partial charge in [-0.1, -0.05) is 48.0 Å². The van der Waals surface area contributed by atoms with E-state index in [-0.39, 0.29) is 40.5 Å². The number of ketones is 1. The van der Waals surface area contributed by atoms with Crippen molar-refractivity contribution in [3.63, 3.8) is 0 Å². The number of pyridine rings is 1. The molecule has 0 bridgehead atoms. The summed E-state index contributed by atoms with van der Waals surface area (Å²) in [7, 11) is 0. The molecule has 0 radical (unpaired) electrons. The summed E-state index contributed by atoms with van der Waals surface area (Å²) in [5, 5.41) is 11.9. The molecule has 0 N–H and O–H groups in total. The molecular weight excluding hydrogens is 666 g/mol. The van der Waals surface area contributed by atoms with Gasteiger partial charge in [0.25, 0.3) is 5.69 Å². The van der Waals surface area contributed by atoms with Crippen LogP contribution in [-0.4, -0.2) is 40.1 Å². The number of ether oxygens (including phenoxy) is 1. The number of benzene rings is 3. The van der Waals surface area contributed by atoms with E-state index in [1.54, 1.807) is 37.3 Å². The van der Waals surface area contributed by atoms with Gasteiger partial charge in [0.2, 0.25) is 17.6 Å². The summed E-state index contributed by atoms with van der Waals surface area (Å²) in [5.74, 6) is -2.55. The van der Waals surface area contributed by atoms with E-state index in [0.717, 1.165) is 6.07 Å². The van der Waals surface area contributed by atoms with Crippen molar-refractivity contribution >= 4 is 73.4 Å². The third-order valence-corrected chi connectivity index (χ3v) is 9.43.